The molecule has 1 aromatic carbocycles. The topological polar surface area (TPSA) is 89.4 Å². The van der Waals surface area contributed by atoms with E-state index in [1.807, 2.05) is 11.9 Å². The molecule has 1 rings (SSSR count). The molecule has 1 aromatic rings. The van der Waals surface area contributed by atoms with Crippen molar-refractivity contribution in [2.45, 2.75) is 37.6 Å². The van der Waals surface area contributed by atoms with Crippen LogP contribution in [0.2, 0.25) is 0 Å². The summed E-state index contributed by atoms with van der Waals surface area (Å²) in [5.41, 5.74) is 7.06. The van der Waals surface area contributed by atoms with E-state index in [4.69, 9.17) is 10.9 Å². The van der Waals surface area contributed by atoms with Crippen molar-refractivity contribution in [2.24, 2.45) is 5.14 Å². The molecule has 0 amide bonds. The van der Waals surface area contributed by atoms with Gasteiger partial charge in [0, 0.05) is 12.6 Å². The van der Waals surface area contributed by atoms with Gasteiger partial charge in [-0.05, 0) is 38.5 Å². The summed E-state index contributed by atoms with van der Waals surface area (Å²) in [5.74, 6) is 0. The molecule has 18 heavy (non-hydrogen) atoms. The van der Waals surface area contributed by atoms with E-state index in [0.29, 0.717) is 5.69 Å². The predicted octanol–water partition coefficient (Wildman–Crippen LogP) is 1.54. The van der Waals surface area contributed by atoms with Crippen molar-refractivity contribution in [1.82, 2.24) is 0 Å². The third-order valence-corrected chi connectivity index (χ3v) is 4.37. The molecule has 0 aliphatic heterocycles. The minimum absolute atomic E-state index is 0.0338. The van der Waals surface area contributed by atoms with Gasteiger partial charge in [-0.15, -0.1) is 0 Å². The Bertz CT molecular complexity index is 538. The molecule has 4 N–H and O–H groups in total. The lowest BCUT2D eigenvalue weighted by atomic mass is 9.99. The Morgan fingerprint density at radius 1 is 1.33 bits per heavy atom. The van der Waals surface area contributed by atoms with Crippen molar-refractivity contribution in [1.29, 1.82) is 0 Å². The standard InChI is InChI=1S/C12H21N3O2S/c1-5-12(2,3)15(4)11-7-6-9(8-10(11)13)18(14,16)17/h6-8H,5,13H2,1-4H3,(H2,14,16,17). The number of nitrogens with zero attached hydrogens (tertiary/aromatic N) is 1. The van der Waals surface area contributed by atoms with E-state index in [1.54, 1.807) is 6.07 Å². The molecule has 0 radical (unpaired) electrons. The zero-order valence-electron chi connectivity index (χ0n) is 11.3. The van der Waals surface area contributed by atoms with Crippen LogP contribution in [0.5, 0.6) is 0 Å². The van der Waals surface area contributed by atoms with Gasteiger partial charge in [-0.2, -0.15) is 0 Å². The number of benzene rings is 1. The molecule has 5 nitrogen and oxygen atoms in total. The number of anilines is 2. The first-order chi connectivity index (χ1) is 8.09. The molecular weight excluding hydrogens is 250 g/mol. The van der Waals surface area contributed by atoms with Gasteiger partial charge in [-0.25, -0.2) is 13.6 Å². The maximum absolute atomic E-state index is 11.2. The minimum Gasteiger partial charge on any atom is -0.397 e. The minimum atomic E-state index is -3.71. The third kappa shape index (κ3) is 2.94. The Labute approximate surface area is 109 Å². The molecule has 0 saturated heterocycles. The summed E-state index contributed by atoms with van der Waals surface area (Å²) in [6.07, 6.45) is 0.944. The van der Waals surface area contributed by atoms with Crippen molar-refractivity contribution >= 4 is 21.4 Å². The van der Waals surface area contributed by atoms with Gasteiger partial charge in [0.05, 0.1) is 16.3 Å². The van der Waals surface area contributed by atoms with Crippen LogP contribution in [0.3, 0.4) is 0 Å². The van der Waals surface area contributed by atoms with E-state index in [-0.39, 0.29) is 10.4 Å². The number of primary sulfonamides is 1. The summed E-state index contributed by atoms with van der Waals surface area (Å²) in [5, 5.41) is 5.07. The lowest BCUT2D eigenvalue weighted by molar-refractivity contribution is 0.471. The number of sulfonamides is 1. The van der Waals surface area contributed by atoms with Crippen LogP contribution < -0.4 is 15.8 Å². The lowest BCUT2D eigenvalue weighted by Crippen LogP contribution is -2.40. The van der Waals surface area contributed by atoms with Crippen LogP contribution in [0.15, 0.2) is 23.1 Å². The number of hydrogen-bond acceptors (Lipinski definition) is 4. The molecule has 0 unspecified atom stereocenters. The van der Waals surface area contributed by atoms with Crippen LogP contribution in [0.25, 0.3) is 0 Å². The fourth-order valence-electron chi connectivity index (χ4n) is 1.58. The van der Waals surface area contributed by atoms with Gasteiger partial charge in [0.15, 0.2) is 0 Å². The molecule has 0 atom stereocenters. The second-order valence-electron chi connectivity index (χ2n) is 4.99. The van der Waals surface area contributed by atoms with Crippen molar-refractivity contribution in [2.75, 3.05) is 17.7 Å². The summed E-state index contributed by atoms with van der Waals surface area (Å²) in [6, 6.07) is 4.56. The maximum Gasteiger partial charge on any atom is 0.238 e. The van der Waals surface area contributed by atoms with E-state index >= 15 is 0 Å². The zero-order chi connectivity index (χ0) is 14.1. The Balaban J connectivity index is 3.23. The molecule has 0 spiro atoms. The molecule has 0 bridgehead atoms. The summed E-state index contributed by atoms with van der Waals surface area (Å²) in [7, 11) is -1.77. The summed E-state index contributed by atoms with van der Waals surface area (Å²) in [4.78, 5) is 2.07. The highest BCUT2D eigenvalue weighted by atomic mass is 32.2. The summed E-state index contributed by atoms with van der Waals surface area (Å²) in [6.45, 7) is 6.28. The molecule has 6 heteroatoms. The normalized spacial score (nSPS) is 12.5. The quantitative estimate of drug-likeness (QED) is 0.813. The van der Waals surface area contributed by atoms with Crippen LogP contribution in [-0.4, -0.2) is 21.0 Å². The first kappa shape index (κ1) is 14.8. The molecule has 0 fully saturated rings. The van der Waals surface area contributed by atoms with Crippen LogP contribution in [-0.2, 0) is 10.0 Å². The maximum atomic E-state index is 11.2. The van der Waals surface area contributed by atoms with E-state index < -0.39 is 10.0 Å². The van der Waals surface area contributed by atoms with E-state index in [0.717, 1.165) is 12.1 Å². The first-order valence-electron chi connectivity index (χ1n) is 5.75. The molecule has 102 valence electrons. The van der Waals surface area contributed by atoms with Crippen LogP contribution in [0, 0.1) is 0 Å². The van der Waals surface area contributed by atoms with Crippen LogP contribution in [0.4, 0.5) is 11.4 Å². The average Bonchev–Trinajstić information content (AvgIpc) is 2.26. The molecule has 0 aliphatic rings. The van der Waals surface area contributed by atoms with Crippen molar-refractivity contribution in [3.63, 3.8) is 0 Å². The van der Waals surface area contributed by atoms with Crippen LogP contribution >= 0.6 is 0 Å². The van der Waals surface area contributed by atoms with Gasteiger partial charge in [-0.3, -0.25) is 0 Å². The third-order valence-electron chi connectivity index (χ3n) is 3.46. The van der Waals surface area contributed by atoms with E-state index in [2.05, 4.69) is 20.8 Å². The van der Waals surface area contributed by atoms with E-state index in [9.17, 15) is 8.42 Å². The van der Waals surface area contributed by atoms with Gasteiger partial charge in [0.2, 0.25) is 10.0 Å². The highest BCUT2D eigenvalue weighted by Gasteiger charge is 2.23. The van der Waals surface area contributed by atoms with Crippen molar-refractivity contribution in [3.8, 4) is 0 Å². The zero-order valence-corrected chi connectivity index (χ0v) is 12.1. The predicted molar refractivity (Wildman–Crippen MR) is 75.0 cm³/mol. The average molecular weight is 271 g/mol. The fourth-order valence-corrected chi connectivity index (χ4v) is 2.13. The fraction of sp³-hybridized carbons (Fsp3) is 0.500. The van der Waals surface area contributed by atoms with Crippen molar-refractivity contribution < 1.29 is 8.42 Å². The number of nitrogens with two attached hydrogens (primary N) is 2. The smallest absolute Gasteiger partial charge is 0.238 e. The number of hydrogen-bond donors (Lipinski definition) is 2. The lowest BCUT2D eigenvalue weighted by Gasteiger charge is -2.37. The highest BCUT2D eigenvalue weighted by molar-refractivity contribution is 7.89. The number of rotatable bonds is 4. The van der Waals surface area contributed by atoms with E-state index in [1.165, 1.54) is 12.1 Å². The first-order valence-corrected chi connectivity index (χ1v) is 7.30. The monoisotopic (exact) mass is 271 g/mol. The van der Waals surface area contributed by atoms with Gasteiger partial charge >= 0.3 is 0 Å². The highest BCUT2D eigenvalue weighted by Crippen LogP contribution is 2.31. The SMILES string of the molecule is CCC(C)(C)N(C)c1ccc(S(N)(=O)=O)cc1N. The van der Waals surface area contributed by atoms with Gasteiger partial charge in [-0.1, -0.05) is 6.92 Å². The Hall–Kier alpha value is -1.27. The van der Waals surface area contributed by atoms with Crippen molar-refractivity contribution in [3.05, 3.63) is 18.2 Å². The summed E-state index contributed by atoms with van der Waals surface area (Å²) >= 11 is 0. The Kier molecular flexibility index (Phi) is 3.92. The second-order valence-corrected chi connectivity index (χ2v) is 6.55. The summed E-state index contributed by atoms with van der Waals surface area (Å²) < 4.78 is 22.5. The van der Waals surface area contributed by atoms with Gasteiger partial charge in [0.1, 0.15) is 0 Å². The second kappa shape index (κ2) is 4.78. The largest absolute Gasteiger partial charge is 0.397 e. The molecule has 0 aliphatic carbocycles. The van der Waals surface area contributed by atoms with Crippen LogP contribution in [0.1, 0.15) is 27.2 Å². The Morgan fingerprint density at radius 2 is 1.89 bits per heavy atom. The molecule has 0 aromatic heterocycles. The molecular formula is C12H21N3O2S. The van der Waals surface area contributed by atoms with Gasteiger partial charge in [0.25, 0.3) is 0 Å². The number of nitrogen functional groups attached to an aromatic ring is 1. The Morgan fingerprint density at radius 3 is 2.28 bits per heavy atom. The molecule has 0 heterocycles. The molecule has 0 saturated carbocycles. The van der Waals surface area contributed by atoms with Gasteiger partial charge < -0.3 is 10.6 Å².